The summed E-state index contributed by atoms with van der Waals surface area (Å²) in [6, 6.07) is 15.9. The van der Waals surface area contributed by atoms with Gasteiger partial charge in [-0.1, -0.05) is 30.3 Å². The molecule has 1 aliphatic heterocycles. The molecule has 0 N–H and O–H groups in total. The van der Waals surface area contributed by atoms with Crippen LogP contribution >= 0.6 is 0 Å². The number of carbonyl (C=O) groups excluding carboxylic acids is 1. The number of rotatable bonds is 7. The molecule has 0 unspecified atom stereocenters. The summed E-state index contributed by atoms with van der Waals surface area (Å²) in [5.74, 6) is 0.536. The molecule has 3 aromatic rings. The average Bonchev–Trinajstić information content (AvgIpc) is 3.19. The summed E-state index contributed by atoms with van der Waals surface area (Å²) in [7, 11) is -3.61. The van der Waals surface area contributed by atoms with Gasteiger partial charge in [0.2, 0.25) is 15.9 Å². The number of carbonyl (C=O) groups is 1. The maximum absolute atomic E-state index is 12.8. The highest BCUT2D eigenvalue weighted by atomic mass is 32.2. The second-order valence-corrected chi connectivity index (χ2v) is 9.33. The predicted octanol–water partition coefficient (Wildman–Crippen LogP) is 2.96. The lowest BCUT2D eigenvalue weighted by molar-refractivity contribution is -0.144. The van der Waals surface area contributed by atoms with E-state index in [2.05, 4.69) is 4.98 Å². The molecule has 0 bridgehead atoms. The Morgan fingerprint density at radius 1 is 1.09 bits per heavy atom. The Morgan fingerprint density at radius 2 is 1.84 bits per heavy atom. The molecule has 2 heterocycles. The van der Waals surface area contributed by atoms with Crippen LogP contribution in [0.3, 0.4) is 0 Å². The third kappa shape index (κ3) is 5.07. The monoisotopic (exact) mass is 456 g/mol. The van der Waals surface area contributed by atoms with Gasteiger partial charge in [0.05, 0.1) is 30.2 Å². The van der Waals surface area contributed by atoms with E-state index in [0.717, 1.165) is 5.56 Å². The van der Waals surface area contributed by atoms with E-state index >= 15 is 0 Å². The Hall–Kier alpha value is -3.01. The molecule has 32 heavy (non-hydrogen) atoms. The van der Waals surface area contributed by atoms with Gasteiger partial charge in [0.15, 0.2) is 0 Å². The van der Waals surface area contributed by atoms with Gasteiger partial charge in [-0.05, 0) is 36.8 Å². The summed E-state index contributed by atoms with van der Waals surface area (Å²) in [5.41, 5.74) is 1.93. The summed E-state index contributed by atoms with van der Waals surface area (Å²) in [5, 5.41) is 0. The first kappa shape index (κ1) is 22.2. The highest BCUT2D eigenvalue weighted by Crippen LogP contribution is 2.22. The van der Waals surface area contributed by atoms with Gasteiger partial charge in [-0.3, -0.25) is 4.79 Å². The van der Waals surface area contributed by atoms with Crippen molar-refractivity contribution >= 4 is 16.0 Å². The van der Waals surface area contributed by atoms with Crippen LogP contribution in [0.15, 0.2) is 63.9 Å². The number of hydrogen-bond acceptors (Lipinski definition) is 7. The zero-order valence-electron chi connectivity index (χ0n) is 17.7. The predicted molar refractivity (Wildman–Crippen MR) is 116 cm³/mol. The molecule has 8 nitrogen and oxygen atoms in total. The summed E-state index contributed by atoms with van der Waals surface area (Å²) in [4.78, 5) is 17.0. The van der Waals surface area contributed by atoms with Crippen LogP contribution in [0.2, 0.25) is 0 Å². The van der Waals surface area contributed by atoms with Gasteiger partial charge in [-0.2, -0.15) is 4.31 Å². The minimum absolute atomic E-state index is 0.0338. The van der Waals surface area contributed by atoms with Gasteiger partial charge in [0.25, 0.3) is 0 Å². The van der Waals surface area contributed by atoms with Crippen LogP contribution in [-0.4, -0.2) is 50.0 Å². The van der Waals surface area contributed by atoms with Crippen molar-refractivity contribution in [1.82, 2.24) is 9.29 Å². The average molecular weight is 457 g/mol. The number of hydrogen-bond donors (Lipinski definition) is 0. The maximum Gasteiger partial charge on any atom is 0.312 e. The number of ether oxygens (including phenoxy) is 2. The number of aromatic nitrogens is 1. The molecule has 9 heteroatoms. The first-order valence-corrected chi connectivity index (χ1v) is 11.7. The van der Waals surface area contributed by atoms with Crippen molar-refractivity contribution in [3.63, 3.8) is 0 Å². The van der Waals surface area contributed by atoms with E-state index in [1.807, 2.05) is 30.3 Å². The van der Waals surface area contributed by atoms with E-state index in [1.165, 1.54) is 10.4 Å². The van der Waals surface area contributed by atoms with Crippen LogP contribution < -0.4 is 0 Å². The fourth-order valence-electron chi connectivity index (χ4n) is 3.38. The zero-order valence-corrected chi connectivity index (χ0v) is 18.5. The summed E-state index contributed by atoms with van der Waals surface area (Å²) in [6.45, 7) is 3.12. The molecule has 1 fully saturated rings. The van der Waals surface area contributed by atoms with Gasteiger partial charge in [-0.15, -0.1) is 0 Å². The molecule has 0 aliphatic carbocycles. The number of esters is 1. The smallest absolute Gasteiger partial charge is 0.312 e. The Balaban J connectivity index is 1.39. The van der Waals surface area contributed by atoms with Gasteiger partial charge in [0, 0.05) is 18.7 Å². The molecule has 168 valence electrons. The Bertz CT molecular complexity index is 1180. The van der Waals surface area contributed by atoms with Gasteiger partial charge in [0.1, 0.15) is 12.4 Å². The van der Waals surface area contributed by atoms with E-state index in [9.17, 15) is 13.2 Å². The van der Waals surface area contributed by atoms with Crippen molar-refractivity contribution in [2.45, 2.75) is 24.8 Å². The van der Waals surface area contributed by atoms with Crippen LogP contribution in [-0.2, 0) is 37.3 Å². The molecule has 0 radical (unpaired) electrons. The number of aryl methyl sites for hydroxylation is 1. The molecule has 0 amide bonds. The quantitative estimate of drug-likeness (QED) is 0.504. The van der Waals surface area contributed by atoms with E-state index in [0.29, 0.717) is 49.2 Å². The fourth-order valence-corrected chi connectivity index (χ4v) is 4.86. The molecule has 1 saturated heterocycles. The van der Waals surface area contributed by atoms with E-state index in [1.54, 1.807) is 25.1 Å². The molecule has 0 spiro atoms. The Labute approximate surface area is 186 Å². The lowest BCUT2D eigenvalue weighted by atomic mass is 10.2. The third-order valence-electron chi connectivity index (χ3n) is 5.13. The number of oxazole rings is 1. The van der Waals surface area contributed by atoms with Crippen molar-refractivity contribution in [2.75, 3.05) is 26.3 Å². The largest absolute Gasteiger partial charge is 0.461 e. The number of benzene rings is 2. The minimum atomic E-state index is -3.61. The minimum Gasteiger partial charge on any atom is -0.461 e. The topological polar surface area (TPSA) is 98.9 Å². The van der Waals surface area contributed by atoms with Crippen LogP contribution in [0, 0.1) is 6.92 Å². The molecule has 2 aromatic carbocycles. The van der Waals surface area contributed by atoms with Crippen molar-refractivity contribution in [3.05, 3.63) is 71.6 Å². The van der Waals surface area contributed by atoms with Gasteiger partial charge < -0.3 is 13.9 Å². The molecule has 1 aromatic heterocycles. The molecule has 1 aliphatic rings. The fraction of sp³-hybridized carbons (Fsp3) is 0.304. The van der Waals surface area contributed by atoms with E-state index < -0.39 is 16.0 Å². The molecule has 4 rings (SSSR count). The lowest BCUT2D eigenvalue weighted by Crippen LogP contribution is -2.40. The normalized spacial score (nSPS) is 14.9. The van der Waals surface area contributed by atoms with Crippen LogP contribution in [0.4, 0.5) is 0 Å². The van der Waals surface area contributed by atoms with Crippen LogP contribution in [0.25, 0.3) is 11.5 Å². The van der Waals surface area contributed by atoms with Crippen molar-refractivity contribution in [2.24, 2.45) is 0 Å². The number of morpholine rings is 1. The maximum atomic E-state index is 12.8. The summed E-state index contributed by atoms with van der Waals surface area (Å²) in [6.07, 6.45) is -0.0338. The van der Waals surface area contributed by atoms with Gasteiger partial charge in [-0.25, -0.2) is 13.4 Å². The van der Waals surface area contributed by atoms with Crippen molar-refractivity contribution in [1.29, 1.82) is 0 Å². The van der Waals surface area contributed by atoms with Crippen LogP contribution in [0.5, 0.6) is 0 Å². The highest BCUT2D eigenvalue weighted by molar-refractivity contribution is 7.89. The summed E-state index contributed by atoms with van der Waals surface area (Å²) < 4.78 is 43.3. The first-order valence-electron chi connectivity index (χ1n) is 10.3. The zero-order chi connectivity index (χ0) is 22.6. The first-order chi connectivity index (χ1) is 15.4. The van der Waals surface area contributed by atoms with Crippen molar-refractivity contribution in [3.8, 4) is 11.5 Å². The van der Waals surface area contributed by atoms with E-state index in [-0.39, 0.29) is 17.9 Å². The standard InChI is InChI=1S/C23H24N2O6S/c1-17-21(24-23(31-17)19-7-3-2-4-8-19)15-22(26)30-16-18-6-5-9-20(14-18)32(27,28)25-10-12-29-13-11-25/h2-9,14H,10-13,15-16H2,1H3. The van der Waals surface area contributed by atoms with Crippen LogP contribution in [0.1, 0.15) is 17.0 Å². The van der Waals surface area contributed by atoms with E-state index in [4.69, 9.17) is 13.9 Å². The summed E-state index contributed by atoms with van der Waals surface area (Å²) >= 11 is 0. The molecular formula is C23H24N2O6S. The Morgan fingerprint density at radius 3 is 2.59 bits per heavy atom. The SMILES string of the molecule is Cc1oc(-c2ccccc2)nc1CC(=O)OCc1cccc(S(=O)(=O)N2CCOCC2)c1. The lowest BCUT2D eigenvalue weighted by Gasteiger charge is -2.26. The van der Waals surface area contributed by atoms with Crippen molar-refractivity contribution < 1.29 is 27.1 Å². The second kappa shape index (κ2) is 9.64. The second-order valence-electron chi connectivity index (χ2n) is 7.39. The highest BCUT2D eigenvalue weighted by Gasteiger charge is 2.26. The third-order valence-corrected chi connectivity index (χ3v) is 7.03. The number of sulfonamides is 1. The van der Waals surface area contributed by atoms with Gasteiger partial charge >= 0.3 is 5.97 Å². The molecule has 0 atom stereocenters. The number of nitrogens with zero attached hydrogens (tertiary/aromatic N) is 2. The molecule has 0 saturated carbocycles. The molecular weight excluding hydrogens is 432 g/mol. The Kier molecular flexibility index (Phi) is 6.69.